The second kappa shape index (κ2) is 5.85. The molecule has 24 heavy (non-hydrogen) atoms. The van der Waals surface area contributed by atoms with Crippen LogP contribution >= 0.6 is 0 Å². The number of para-hydroxylation sites is 1. The van der Waals surface area contributed by atoms with Gasteiger partial charge in [-0.2, -0.15) is 0 Å². The lowest BCUT2D eigenvalue weighted by Crippen LogP contribution is -1.89. The number of hydrogen-bond acceptors (Lipinski definition) is 3. The minimum Gasteiger partial charge on any atom is -0.436 e. The maximum Gasteiger partial charge on any atom is 0.227 e. The standard InChI is InChI=1S/C21H18N2O/c1-14-10-11-17(13-18(14)22)21-23-19-9-5-8-16(20(19)24-21)12-15-6-3-2-4-7-15/h2-11,13H,12,22H2,1H3. The van der Waals surface area contributed by atoms with Gasteiger partial charge in [-0.1, -0.05) is 48.5 Å². The van der Waals surface area contributed by atoms with Gasteiger partial charge in [0.05, 0.1) is 0 Å². The van der Waals surface area contributed by atoms with E-state index < -0.39 is 0 Å². The molecule has 118 valence electrons. The summed E-state index contributed by atoms with van der Waals surface area (Å²) in [7, 11) is 0. The molecule has 3 nitrogen and oxygen atoms in total. The molecule has 0 saturated heterocycles. The normalized spacial score (nSPS) is 11.0. The summed E-state index contributed by atoms with van der Waals surface area (Å²) in [4.78, 5) is 4.63. The van der Waals surface area contributed by atoms with Gasteiger partial charge in [0.1, 0.15) is 5.52 Å². The summed E-state index contributed by atoms with van der Waals surface area (Å²) < 4.78 is 6.09. The Kier molecular flexibility index (Phi) is 3.54. The largest absolute Gasteiger partial charge is 0.436 e. The molecule has 0 atom stereocenters. The van der Waals surface area contributed by atoms with Crippen LogP contribution in [-0.4, -0.2) is 4.98 Å². The average Bonchev–Trinajstić information content (AvgIpc) is 3.04. The molecule has 0 aliphatic carbocycles. The molecular weight excluding hydrogens is 296 g/mol. The first-order valence-corrected chi connectivity index (χ1v) is 7.99. The van der Waals surface area contributed by atoms with Crippen molar-refractivity contribution in [3.63, 3.8) is 0 Å². The van der Waals surface area contributed by atoms with Crippen molar-refractivity contribution < 1.29 is 4.42 Å². The van der Waals surface area contributed by atoms with Gasteiger partial charge in [-0.05, 0) is 36.2 Å². The zero-order valence-corrected chi connectivity index (χ0v) is 13.5. The Hall–Kier alpha value is -3.07. The van der Waals surface area contributed by atoms with Crippen LogP contribution in [0, 0.1) is 6.92 Å². The Morgan fingerprint density at radius 2 is 1.79 bits per heavy atom. The number of oxazole rings is 1. The summed E-state index contributed by atoms with van der Waals surface area (Å²) in [6.07, 6.45) is 0.822. The van der Waals surface area contributed by atoms with Crippen molar-refractivity contribution in [2.24, 2.45) is 0 Å². The number of hydrogen-bond donors (Lipinski definition) is 1. The maximum atomic E-state index is 6.09. The van der Waals surface area contributed by atoms with E-state index in [1.54, 1.807) is 0 Å². The monoisotopic (exact) mass is 314 g/mol. The lowest BCUT2D eigenvalue weighted by Gasteiger charge is -2.02. The van der Waals surface area contributed by atoms with Crippen LogP contribution in [0.1, 0.15) is 16.7 Å². The molecule has 0 unspecified atom stereocenters. The van der Waals surface area contributed by atoms with E-state index in [-0.39, 0.29) is 0 Å². The smallest absolute Gasteiger partial charge is 0.227 e. The van der Waals surface area contributed by atoms with Crippen LogP contribution in [0.5, 0.6) is 0 Å². The molecule has 2 N–H and O–H groups in total. The third kappa shape index (κ3) is 2.65. The van der Waals surface area contributed by atoms with Gasteiger partial charge in [-0.25, -0.2) is 4.98 Å². The fraction of sp³-hybridized carbons (Fsp3) is 0.0952. The molecule has 0 aliphatic heterocycles. The first-order chi connectivity index (χ1) is 11.7. The molecule has 4 rings (SSSR count). The van der Waals surface area contributed by atoms with Crippen molar-refractivity contribution in [1.82, 2.24) is 4.98 Å². The summed E-state index contributed by atoms with van der Waals surface area (Å²) >= 11 is 0. The lowest BCUT2D eigenvalue weighted by molar-refractivity contribution is 0.616. The van der Waals surface area contributed by atoms with E-state index in [9.17, 15) is 0 Å². The highest BCUT2D eigenvalue weighted by molar-refractivity contribution is 5.80. The highest BCUT2D eigenvalue weighted by Gasteiger charge is 2.12. The van der Waals surface area contributed by atoms with Crippen molar-refractivity contribution in [1.29, 1.82) is 0 Å². The number of benzene rings is 3. The summed E-state index contributed by atoms with van der Waals surface area (Å²) in [6.45, 7) is 1.99. The zero-order chi connectivity index (χ0) is 16.5. The van der Waals surface area contributed by atoms with Gasteiger partial charge in [-0.15, -0.1) is 0 Å². The second-order valence-electron chi connectivity index (χ2n) is 6.02. The van der Waals surface area contributed by atoms with Crippen molar-refractivity contribution in [3.05, 3.63) is 83.4 Å². The summed E-state index contributed by atoms with van der Waals surface area (Å²) in [5.41, 5.74) is 12.8. The first-order valence-electron chi connectivity index (χ1n) is 7.99. The number of aromatic nitrogens is 1. The van der Waals surface area contributed by atoms with Gasteiger partial charge in [-0.3, -0.25) is 0 Å². The SMILES string of the molecule is Cc1ccc(-c2nc3cccc(Cc4ccccc4)c3o2)cc1N. The Morgan fingerprint density at radius 3 is 2.58 bits per heavy atom. The van der Waals surface area contributed by atoms with Gasteiger partial charge in [0, 0.05) is 23.2 Å². The molecule has 0 spiro atoms. The highest BCUT2D eigenvalue weighted by atomic mass is 16.3. The van der Waals surface area contributed by atoms with Gasteiger partial charge < -0.3 is 10.2 Å². The molecular formula is C21H18N2O. The van der Waals surface area contributed by atoms with Crippen molar-refractivity contribution in [2.75, 3.05) is 5.73 Å². The van der Waals surface area contributed by atoms with Crippen LogP contribution in [0.3, 0.4) is 0 Å². The molecule has 0 saturated carbocycles. The van der Waals surface area contributed by atoms with E-state index >= 15 is 0 Å². The molecule has 1 aromatic heterocycles. The number of anilines is 1. The summed E-state index contributed by atoms with van der Waals surface area (Å²) in [5.74, 6) is 0.609. The third-order valence-electron chi connectivity index (χ3n) is 4.26. The number of rotatable bonds is 3. The predicted octanol–water partition coefficient (Wildman–Crippen LogP) is 4.98. The van der Waals surface area contributed by atoms with Crippen molar-refractivity contribution in [2.45, 2.75) is 13.3 Å². The molecule has 0 aliphatic rings. The third-order valence-corrected chi connectivity index (χ3v) is 4.26. The van der Waals surface area contributed by atoms with Crippen LogP contribution in [0.15, 0.2) is 71.1 Å². The minimum absolute atomic E-state index is 0.609. The van der Waals surface area contributed by atoms with Crippen LogP contribution < -0.4 is 5.73 Å². The van der Waals surface area contributed by atoms with E-state index in [4.69, 9.17) is 10.2 Å². The summed E-state index contributed by atoms with van der Waals surface area (Å²) in [5, 5.41) is 0. The van der Waals surface area contributed by atoms with E-state index in [1.165, 1.54) is 5.56 Å². The van der Waals surface area contributed by atoms with Crippen LogP contribution in [0.2, 0.25) is 0 Å². The van der Waals surface area contributed by atoms with E-state index in [2.05, 4.69) is 35.3 Å². The molecule has 0 fully saturated rings. The molecule has 1 heterocycles. The van der Waals surface area contributed by atoms with Gasteiger partial charge >= 0.3 is 0 Å². The maximum absolute atomic E-state index is 6.09. The average molecular weight is 314 g/mol. The quantitative estimate of drug-likeness (QED) is 0.543. The number of aryl methyl sites for hydroxylation is 1. The fourth-order valence-electron chi connectivity index (χ4n) is 2.86. The number of nitrogens with two attached hydrogens (primary N) is 1. The van der Waals surface area contributed by atoms with E-state index in [1.807, 2.05) is 43.3 Å². The Bertz CT molecular complexity index is 1000. The predicted molar refractivity (Wildman–Crippen MR) is 97.8 cm³/mol. The summed E-state index contributed by atoms with van der Waals surface area (Å²) in [6, 6.07) is 22.4. The number of fused-ring (bicyclic) bond motifs is 1. The number of nitrogen functional groups attached to an aromatic ring is 1. The van der Waals surface area contributed by atoms with E-state index in [0.717, 1.165) is 39.9 Å². The van der Waals surface area contributed by atoms with Gasteiger partial charge in [0.15, 0.2) is 5.58 Å². The first kappa shape index (κ1) is 14.5. The van der Waals surface area contributed by atoms with Crippen LogP contribution in [0.25, 0.3) is 22.6 Å². The van der Waals surface area contributed by atoms with Gasteiger partial charge in [0.2, 0.25) is 5.89 Å². The zero-order valence-electron chi connectivity index (χ0n) is 13.5. The highest BCUT2D eigenvalue weighted by Crippen LogP contribution is 2.29. The second-order valence-corrected chi connectivity index (χ2v) is 6.02. The number of nitrogens with zero attached hydrogens (tertiary/aromatic N) is 1. The molecule has 3 aromatic carbocycles. The van der Waals surface area contributed by atoms with Crippen LogP contribution in [0.4, 0.5) is 5.69 Å². The molecule has 0 amide bonds. The van der Waals surface area contributed by atoms with E-state index in [0.29, 0.717) is 5.89 Å². The lowest BCUT2D eigenvalue weighted by atomic mass is 10.0. The molecule has 4 aromatic rings. The topological polar surface area (TPSA) is 52.0 Å². The minimum atomic E-state index is 0.609. The van der Waals surface area contributed by atoms with Gasteiger partial charge in [0.25, 0.3) is 0 Å². The van der Waals surface area contributed by atoms with Crippen molar-refractivity contribution >= 4 is 16.8 Å². The Balaban J connectivity index is 1.78. The van der Waals surface area contributed by atoms with Crippen molar-refractivity contribution in [3.8, 4) is 11.5 Å². The molecule has 0 bridgehead atoms. The van der Waals surface area contributed by atoms with Crippen LogP contribution in [-0.2, 0) is 6.42 Å². The fourth-order valence-corrected chi connectivity index (χ4v) is 2.86. The Labute approximate surface area is 140 Å². The Morgan fingerprint density at radius 1 is 0.958 bits per heavy atom. The molecule has 3 heteroatoms. The molecule has 0 radical (unpaired) electrons.